The van der Waals surface area contributed by atoms with Crippen molar-refractivity contribution in [3.63, 3.8) is 0 Å². The molecule has 0 atom stereocenters. The van der Waals surface area contributed by atoms with E-state index < -0.39 is 0 Å². The maximum absolute atomic E-state index is 10.0. The fourth-order valence-corrected chi connectivity index (χ4v) is 0. The third-order valence-electron chi connectivity index (χ3n) is 0.434. The topological polar surface area (TPSA) is 20.3 Å². The summed E-state index contributed by atoms with van der Waals surface area (Å²) in [4.78, 5) is 10.0. The molecule has 0 heterocycles. The Morgan fingerprint density at radius 1 is 1.83 bits per heavy atom. The van der Waals surface area contributed by atoms with Gasteiger partial charge in [0, 0.05) is 14.0 Å². The summed E-state index contributed by atoms with van der Waals surface area (Å²) in [6.07, 6.45) is 0. The highest BCUT2D eigenvalue weighted by atomic mass is 79.9. The van der Waals surface area contributed by atoms with E-state index in [-0.39, 0.29) is 5.91 Å². The van der Waals surface area contributed by atoms with Crippen molar-refractivity contribution in [2.45, 2.75) is 6.92 Å². The zero-order valence-electron chi connectivity index (χ0n) is 3.73. The predicted octanol–water partition coefficient (Wildman–Crippen LogP) is 0.775. The van der Waals surface area contributed by atoms with Crippen LogP contribution in [-0.2, 0) is 4.79 Å². The minimum atomic E-state index is 0.00926. The molecular weight excluding hydrogens is 146 g/mol. The van der Waals surface area contributed by atoms with E-state index in [9.17, 15) is 4.79 Å². The van der Waals surface area contributed by atoms with Crippen LogP contribution in [0.2, 0.25) is 0 Å². The lowest BCUT2D eigenvalue weighted by molar-refractivity contribution is -0.122. The summed E-state index contributed by atoms with van der Waals surface area (Å²) < 4.78 is 1.34. The number of carbonyl (C=O) groups is 1. The normalized spacial score (nSPS) is 7.83. The van der Waals surface area contributed by atoms with Crippen LogP contribution in [0.15, 0.2) is 0 Å². The lowest BCUT2D eigenvalue weighted by atomic mass is 10.7. The minimum absolute atomic E-state index is 0.00926. The van der Waals surface area contributed by atoms with Gasteiger partial charge < -0.3 is 0 Å². The van der Waals surface area contributed by atoms with Gasteiger partial charge in [-0.05, 0) is 0 Å². The number of carbonyl (C=O) groups excluding carboxylic acids is 1. The highest BCUT2D eigenvalue weighted by molar-refractivity contribution is 9.07. The zero-order chi connectivity index (χ0) is 5.15. The summed E-state index contributed by atoms with van der Waals surface area (Å²) in [5, 5.41) is 0. The Hall–Kier alpha value is -0.0500. The van der Waals surface area contributed by atoms with Crippen LogP contribution in [0.3, 0.4) is 0 Å². The van der Waals surface area contributed by atoms with Gasteiger partial charge in [0.2, 0.25) is 5.91 Å². The summed E-state index contributed by atoms with van der Waals surface area (Å²) in [6, 6.07) is 0. The number of halogens is 1. The van der Waals surface area contributed by atoms with E-state index in [0.717, 1.165) is 0 Å². The molecule has 0 radical (unpaired) electrons. The number of rotatable bonds is 0. The monoisotopic (exact) mass is 151 g/mol. The minimum Gasteiger partial charge on any atom is -0.282 e. The molecule has 0 unspecified atom stereocenters. The van der Waals surface area contributed by atoms with Crippen LogP contribution >= 0.6 is 16.1 Å². The van der Waals surface area contributed by atoms with E-state index >= 15 is 0 Å². The van der Waals surface area contributed by atoms with Crippen molar-refractivity contribution >= 4 is 22.1 Å². The Balaban J connectivity index is 3.26. The van der Waals surface area contributed by atoms with Crippen LogP contribution < -0.4 is 0 Å². The predicted molar refractivity (Wildman–Crippen MR) is 27.4 cm³/mol. The van der Waals surface area contributed by atoms with E-state index in [2.05, 4.69) is 16.1 Å². The van der Waals surface area contributed by atoms with Gasteiger partial charge in [0.1, 0.15) is 0 Å². The van der Waals surface area contributed by atoms with Gasteiger partial charge in [-0.1, -0.05) is 0 Å². The molecule has 0 aromatic rings. The van der Waals surface area contributed by atoms with Crippen molar-refractivity contribution < 1.29 is 4.79 Å². The van der Waals surface area contributed by atoms with E-state index in [1.807, 2.05) is 0 Å². The first-order valence-corrected chi connectivity index (χ1v) is 2.25. The number of hydrogen-bond acceptors (Lipinski definition) is 1. The zero-order valence-corrected chi connectivity index (χ0v) is 5.32. The molecule has 0 aromatic carbocycles. The molecule has 6 heavy (non-hydrogen) atoms. The second kappa shape index (κ2) is 2.18. The maximum Gasteiger partial charge on any atom is 0.229 e. The van der Waals surface area contributed by atoms with Gasteiger partial charge in [-0.3, -0.25) is 8.72 Å². The van der Waals surface area contributed by atoms with Crippen LogP contribution in [0.1, 0.15) is 6.92 Å². The van der Waals surface area contributed by atoms with Crippen molar-refractivity contribution in [1.82, 2.24) is 3.93 Å². The lowest BCUT2D eigenvalue weighted by Crippen LogP contribution is -2.09. The second-order valence-electron chi connectivity index (χ2n) is 0.996. The summed E-state index contributed by atoms with van der Waals surface area (Å²) >= 11 is 2.92. The summed E-state index contributed by atoms with van der Waals surface area (Å²) in [5.41, 5.74) is 0. The standard InChI is InChI=1S/C3H6BrNO/c1-3(6)5(2)4/h1-2H3. The van der Waals surface area contributed by atoms with Crippen molar-refractivity contribution in [3.8, 4) is 0 Å². The molecule has 0 aromatic heterocycles. The van der Waals surface area contributed by atoms with E-state index in [0.29, 0.717) is 0 Å². The van der Waals surface area contributed by atoms with Gasteiger partial charge in [-0.25, -0.2) is 0 Å². The first-order valence-electron chi connectivity index (χ1n) is 1.54. The summed E-state index contributed by atoms with van der Waals surface area (Å²) in [7, 11) is 1.64. The van der Waals surface area contributed by atoms with Crippen LogP contribution in [0.4, 0.5) is 0 Å². The summed E-state index contributed by atoms with van der Waals surface area (Å²) in [5.74, 6) is 0.00926. The van der Waals surface area contributed by atoms with Crippen molar-refractivity contribution in [1.29, 1.82) is 0 Å². The Labute approximate surface area is 45.5 Å². The molecule has 0 bridgehead atoms. The SMILES string of the molecule is CC(=O)N(C)Br. The van der Waals surface area contributed by atoms with Gasteiger partial charge in [-0.2, -0.15) is 0 Å². The molecule has 0 fully saturated rings. The number of hydrogen-bond donors (Lipinski definition) is 0. The first kappa shape index (κ1) is 5.95. The highest BCUT2D eigenvalue weighted by Gasteiger charge is 1.90. The molecule has 0 aliphatic carbocycles. The summed E-state index contributed by atoms with van der Waals surface area (Å²) in [6.45, 7) is 1.48. The third kappa shape index (κ3) is 2.20. The van der Waals surface area contributed by atoms with Crippen LogP contribution in [-0.4, -0.2) is 16.9 Å². The molecule has 3 heteroatoms. The van der Waals surface area contributed by atoms with E-state index in [1.165, 1.54) is 10.8 Å². The average molecular weight is 152 g/mol. The van der Waals surface area contributed by atoms with E-state index in [1.54, 1.807) is 7.05 Å². The van der Waals surface area contributed by atoms with E-state index in [4.69, 9.17) is 0 Å². The molecule has 0 aliphatic rings. The number of amides is 1. The average Bonchev–Trinajstić information content (AvgIpc) is 1.36. The van der Waals surface area contributed by atoms with Crippen molar-refractivity contribution in [2.24, 2.45) is 0 Å². The van der Waals surface area contributed by atoms with Gasteiger partial charge in [-0.15, -0.1) is 0 Å². The fraction of sp³-hybridized carbons (Fsp3) is 0.667. The highest BCUT2D eigenvalue weighted by Crippen LogP contribution is 1.88. The molecule has 36 valence electrons. The molecule has 1 amide bonds. The fourth-order valence-electron chi connectivity index (χ4n) is 0. The lowest BCUT2D eigenvalue weighted by Gasteiger charge is -1.98. The third-order valence-corrected chi connectivity index (χ3v) is 0.933. The molecule has 0 rings (SSSR count). The smallest absolute Gasteiger partial charge is 0.229 e. The van der Waals surface area contributed by atoms with Crippen LogP contribution in [0, 0.1) is 0 Å². The van der Waals surface area contributed by atoms with Crippen LogP contribution in [0.5, 0.6) is 0 Å². The Morgan fingerprint density at radius 2 is 2.00 bits per heavy atom. The molecule has 0 saturated carbocycles. The maximum atomic E-state index is 10.0. The van der Waals surface area contributed by atoms with Gasteiger partial charge in [0.15, 0.2) is 0 Å². The van der Waals surface area contributed by atoms with Gasteiger partial charge in [0.05, 0.1) is 16.1 Å². The van der Waals surface area contributed by atoms with Gasteiger partial charge >= 0.3 is 0 Å². The molecular formula is C3H6BrNO. The van der Waals surface area contributed by atoms with Crippen molar-refractivity contribution in [3.05, 3.63) is 0 Å². The molecule has 0 aliphatic heterocycles. The quantitative estimate of drug-likeness (QED) is 0.469. The molecule has 0 spiro atoms. The van der Waals surface area contributed by atoms with Crippen molar-refractivity contribution in [2.75, 3.05) is 7.05 Å². The Morgan fingerprint density at radius 3 is 2.00 bits per heavy atom. The van der Waals surface area contributed by atoms with Crippen LogP contribution in [0.25, 0.3) is 0 Å². The first-order chi connectivity index (χ1) is 2.64. The Bertz CT molecular complexity index is 61.8. The molecule has 0 saturated heterocycles. The second-order valence-corrected chi connectivity index (χ2v) is 2.06. The van der Waals surface area contributed by atoms with Gasteiger partial charge in [0.25, 0.3) is 0 Å². The Kier molecular flexibility index (Phi) is 2.16. The molecule has 0 N–H and O–H groups in total. The molecule has 2 nitrogen and oxygen atoms in total. The largest absolute Gasteiger partial charge is 0.282 e. The number of nitrogens with zero attached hydrogens (tertiary/aromatic N) is 1.